The monoisotopic (exact) mass is 299 g/mol. The third-order valence-corrected chi connectivity index (χ3v) is 4.11. The van der Waals surface area contributed by atoms with Gasteiger partial charge in [-0.15, -0.1) is 0 Å². The van der Waals surface area contributed by atoms with Crippen molar-refractivity contribution in [2.75, 3.05) is 18.4 Å². The molecular weight excluding hydrogens is 278 g/mol. The van der Waals surface area contributed by atoms with Gasteiger partial charge in [0.05, 0.1) is 4.90 Å². The average molecular weight is 299 g/mol. The Morgan fingerprint density at radius 1 is 1.20 bits per heavy atom. The second-order valence-electron chi connectivity index (χ2n) is 4.42. The summed E-state index contributed by atoms with van der Waals surface area (Å²) in [5, 5.41) is 3.10. The van der Waals surface area contributed by atoms with E-state index in [2.05, 4.69) is 10.0 Å². The first kappa shape index (κ1) is 16.5. The maximum Gasteiger partial charge on any atom is 0.240 e. The summed E-state index contributed by atoms with van der Waals surface area (Å²) in [6.45, 7) is 2.94. The molecule has 112 valence electrons. The van der Waals surface area contributed by atoms with Crippen LogP contribution >= 0.6 is 0 Å². The highest BCUT2D eigenvalue weighted by Gasteiger charge is 2.12. The Balaban J connectivity index is 2.53. The molecule has 1 aromatic carbocycles. The third kappa shape index (κ3) is 5.58. The zero-order valence-corrected chi connectivity index (χ0v) is 12.4. The standard InChI is InChI=1S/C13H21N3O3S/c1-2-9-16-20(18,19)12-7-5-11(6-8-12)15-10-3-4-13(14)17/h5-8,15-16H,2-4,9-10H2,1H3,(H2,14,17). The summed E-state index contributed by atoms with van der Waals surface area (Å²) in [6.07, 6.45) is 1.73. The Kier molecular flexibility index (Phi) is 6.47. The SMILES string of the molecule is CCCNS(=O)(=O)c1ccc(NCCCC(N)=O)cc1. The summed E-state index contributed by atoms with van der Waals surface area (Å²) < 4.78 is 26.2. The highest BCUT2D eigenvalue weighted by atomic mass is 32.2. The number of hydrogen-bond acceptors (Lipinski definition) is 4. The van der Waals surface area contributed by atoms with E-state index in [0.717, 1.165) is 12.1 Å². The molecular formula is C13H21N3O3S. The van der Waals surface area contributed by atoms with Crippen LogP contribution in [0, 0.1) is 0 Å². The Morgan fingerprint density at radius 2 is 1.85 bits per heavy atom. The maximum absolute atomic E-state index is 11.9. The van der Waals surface area contributed by atoms with Gasteiger partial charge in [0.1, 0.15) is 0 Å². The third-order valence-electron chi connectivity index (χ3n) is 2.64. The Hall–Kier alpha value is -1.60. The zero-order valence-electron chi connectivity index (χ0n) is 11.6. The van der Waals surface area contributed by atoms with E-state index in [9.17, 15) is 13.2 Å². The second-order valence-corrected chi connectivity index (χ2v) is 6.19. The Labute approximate surface area is 119 Å². The lowest BCUT2D eigenvalue weighted by Crippen LogP contribution is -2.24. The van der Waals surface area contributed by atoms with Crippen molar-refractivity contribution >= 4 is 21.6 Å². The van der Waals surface area contributed by atoms with Crippen LogP contribution in [0.2, 0.25) is 0 Å². The number of carbonyl (C=O) groups excluding carboxylic acids is 1. The van der Waals surface area contributed by atoms with E-state index < -0.39 is 10.0 Å². The number of carbonyl (C=O) groups is 1. The molecule has 0 spiro atoms. The van der Waals surface area contributed by atoms with Crippen LogP contribution < -0.4 is 15.8 Å². The normalized spacial score (nSPS) is 11.2. The second kappa shape index (κ2) is 7.86. The number of nitrogens with one attached hydrogen (secondary N) is 2. The van der Waals surface area contributed by atoms with Gasteiger partial charge in [0.15, 0.2) is 0 Å². The molecule has 1 aromatic rings. The predicted octanol–water partition coefficient (Wildman–Crippen LogP) is 1.05. The summed E-state index contributed by atoms with van der Waals surface area (Å²) in [5.74, 6) is -0.324. The van der Waals surface area contributed by atoms with Crippen molar-refractivity contribution < 1.29 is 13.2 Å². The van der Waals surface area contributed by atoms with Crippen LogP contribution in [0.4, 0.5) is 5.69 Å². The Morgan fingerprint density at radius 3 is 2.40 bits per heavy atom. The molecule has 20 heavy (non-hydrogen) atoms. The van der Waals surface area contributed by atoms with Crippen molar-refractivity contribution in [2.45, 2.75) is 31.1 Å². The van der Waals surface area contributed by atoms with Crippen LogP contribution in [0.3, 0.4) is 0 Å². The van der Waals surface area contributed by atoms with Crippen LogP contribution in [-0.4, -0.2) is 27.4 Å². The first-order valence-electron chi connectivity index (χ1n) is 6.57. The van der Waals surface area contributed by atoms with Crippen LogP contribution in [0.25, 0.3) is 0 Å². The molecule has 0 bridgehead atoms. The van der Waals surface area contributed by atoms with Crippen LogP contribution in [0.15, 0.2) is 29.2 Å². The number of hydrogen-bond donors (Lipinski definition) is 3. The van der Waals surface area contributed by atoms with Crippen molar-refractivity contribution in [3.8, 4) is 0 Å². The smallest absolute Gasteiger partial charge is 0.240 e. The largest absolute Gasteiger partial charge is 0.385 e. The summed E-state index contributed by atoms with van der Waals surface area (Å²) in [7, 11) is -3.41. The number of amides is 1. The zero-order chi connectivity index (χ0) is 15.0. The van der Waals surface area contributed by atoms with Crippen molar-refractivity contribution in [3.63, 3.8) is 0 Å². The number of primary amides is 1. The molecule has 0 saturated carbocycles. The molecule has 0 unspecified atom stereocenters. The van der Waals surface area contributed by atoms with Crippen LogP contribution in [0.5, 0.6) is 0 Å². The fourth-order valence-corrected chi connectivity index (χ4v) is 2.70. The average Bonchev–Trinajstić information content (AvgIpc) is 2.42. The summed E-state index contributed by atoms with van der Waals surface area (Å²) in [4.78, 5) is 10.8. The van der Waals surface area contributed by atoms with Gasteiger partial charge in [0, 0.05) is 25.2 Å². The lowest BCUT2D eigenvalue weighted by atomic mass is 10.2. The van der Waals surface area contributed by atoms with E-state index >= 15 is 0 Å². The first-order valence-corrected chi connectivity index (χ1v) is 8.06. The minimum absolute atomic E-state index is 0.244. The first-order chi connectivity index (χ1) is 9.45. The van der Waals surface area contributed by atoms with Gasteiger partial charge in [-0.3, -0.25) is 4.79 Å². The number of rotatable bonds is 9. The molecule has 0 aliphatic heterocycles. The van der Waals surface area contributed by atoms with Gasteiger partial charge >= 0.3 is 0 Å². The van der Waals surface area contributed by atoms with Gasteiger partial charge in [-0.2, -0.15) is 0 Å². The molecule has 0 aliphatic carbocycles. The molecule has 1 rings (SSSR count). The molecule has 0 radical (unpaired) electrons. The van der Waals surface area contributed by atoms with E-state index in [0.29, 0.717) is 25.9 Å². The van der Waals surface area contributed by atoms with Crippen molar-refractivity contribution in [1.82, 2.24) is 4.72 Å². The highest BCUT2D eigenvalue weighted by Crippen LogP contribution is 2.14. The molecule has 0 atom stereocenters. The summed E-state index contributed by atoms with van der Waals surface area (Å²) >= 11 is 0. The molecule has 0 aromatic heterocycles. The van der Waals surface area contributed by atoms with E-state index in [1.807, 2.05) is 6.92 Å². The fraction of sp³-hybridized carbons (Fsp3) is 0.462. The van der Waals surface area contributed by atoms with Crippen LogP contribution in [-0.2, 0) is 14.8 Å². The van der Waals surface area contributed by atoms with Gasteiger partial charge in [-0.1, -0.05) is 6.92 Å². The molecule has 0 aliphatic rings. The Bertz CT molecular complexity index is 526. The lowest BCUT2D eigenvalue weighted by Gasteiger charge is -2.08. The van der Waals surface area contributed by atoms with Gasteiger partial charge in [0.2, 0.25) is 15.9 Å². The topological polar surface area (TPSA) is 101 Å². The van der Waals surface area contributed by atoms with Gasteiger partial charge < -0.3 is 11.1 Å². The lowest BCUT2D eigenvalue weighted by molar-refractivity contribution is -0.118. The number of benzene rings is 1. The van der Waals surface area contributed by atoms with E-state index in [1.165, 1.54) is 0 Å². The molecule has 6 nitrogen and oxygen atoms in total. The van der Waals surface area contributed by atoms with Gasteiger partial charge in [-0.25, -0.2) is 13.1 Å². The molecule has 0 heterocycles. The maximum atomic E-state index is 11.9. The van der Waals surface area contributed by atoms with E-state index in [4.69, 9.17) is 5.73 Å². The quantitative estimate of drug-likeness (QED) is 0.593. The van der Waals surface area contributed by atoms with Crippen LogP contribution in [0.1, 0.15) is 26.2 Å². The molecule has 0 fully saturated rings. The van der Waals surface area contributed by atoms with Gasteiger partial charge in [0.25, 0.3) is 0 Å². The molecule has 4 N–H and O–H groups in total. The summed E-state index contributed by atoms with van der Waals surface area (Å²) in [5.41, 5.74) is 5.85. The number of anilines is 1. The fourth-order valence-electron chi connectivity index (χ4n) is 1.57. The van der Waals surface area contributed by atoms with Crippen molar-refractivity contribution in [2.24, 2.45) is 5.73 Å². The molecule has 1 amide bonds. The molecule has 0 saturated heterocycles. The summed E-state index contributed by atoms with van der Waals surface area (Å²) in [6, 6.07) is 6.50. The minimum Gasteiger partial charge on any atom is -0.385 e. The predicted molar refractivity (Wildman–Crippen MR) is 78.8 cm³/mol. The highest BCUT2D eigenvalue weighted by molar-refractivity contribution is 7.89. The van der Waals surface area contributed by atoms with Crippen molar-refractivity contribution in [1.29, 1.82) is 0 Å². The van der Waals surface area contributed by atoms with E-state index in [1.54, 1.807) is 24.3 Å². The van der Waals surface area contributed by atoms with E-state index in [-0.39, 0.29) is 10.8 Å². The van der Waals surface area contributed by atoms with Gasteiger partial charge in [-0.05, 0) is 37.1 Å². The molecule has 7 heteroatoms. The number of sulfonamides is 1. The minimum atomic E-state index is -3.41. The van der Waals surface area contributed by atoms with Crippen molar-refractivity contribution in [3.05, 3.63) is 24.3 Å². The number of nitrogens with two attached hydrogens (primary N) is 1.